The Labute approximate surface area is 59.7 Å². The number of hydrogen-bond acceptors (Lipinski definition) is 3. The van der Waals surface area contributed by atoms with Crippen molar-refractivity contribution in [2.75, 3.05) is 13.1 Å². The summed E-state index contributed by atoms with van der Waals surface area (Å²) in [4.78, 5) is 10.6. The fourth-order valence-corrected chi connectivity index (χ4v) is 0.731. The van der Waals surface area contributed by atoms with E-state index in [1.165, 1.54) is 0 Å². The van der Waals surface area contributed by atoms with Crippen molar-refractivity contribution in [2.45, 2.75) is 19.1 Å². The fraction of sp³-hybridized carbons (Fsp3) is 0.833. The zero-order chi connectivity index (χ0) is 7.56. The fourth-order valence-electron chi connectivity index (χ4n) is 0.731. The molecule has 10 heavy (non-hydrogen) atoms. The van der Waals surface area contributed by atoms with Crippen LogP contribution in [-0.4, -0.2) is 31.2 Å². The Bertz CT molecular complexity index is 138. The number of ether oxygens (including phenoxy) is 1. The van der Waals surface area contributed by atoms with Gasteiger partial charge in [-0.05, 0) is 6.92 Å². The average Bonchev–Trinajstić information content (AvgIpc) is 2.61. The number of carbonyl (C=O) groups is 1. The molecule has 1 amide bonds. The highest BCUT2D eigenvalue weighted by Crippen LogP contribution is 2.19. The minimum atomic E-state index is -0.122. The summed E-state index contributed by atoms with van der Waals surface area (Å²) < 4.78 is 5.06. The van der Waals surface area contributed by atoms with Gasteiger partial charge in [0.25, 0.3) is 0 Å². The predicted molar refractivity (Wildman–Crippen MR) is 36.4 cm³/mol. The SMILES string of the molecule is CC1OC1CNC(=O)CN. The van der Waals surface area contributed by atoms with Gasteiger partial charge in [-0.1, -0.05) is 0 Å². The van der Waals surface area contributed by atoms with Gasteiger partial charge >= 0.3 is 0 Å². The lowest BCUT2D eigenvalue weighted by Gasteiger charge is -1.97. The summed E-state index contributed by atoms with van der Waals surface area (Å²) in [5.74, 6) is -0.122. The number of nitrogens with two attached hydrogens (primary N) is 1. The Morgan fingerprint density at radius 1 is 1.80 bits per heavy atom. The molecule has 3 N–H and O–H groups in total. The molecule has 1 aliphatic rings. The largest absolute Gasteiger partial charge is 0.368 e. The molecule has 0 aromatic rings. The van der Waals surface area contributed by atoms with Crippen LogP contribution in [0, 0.1) is 0 Å². The van der Waals surface area contributed by atoms with Crippen LogP contribution in [0.1, 0.15) is 6.92 Å². The topological polar surface area (TPSA) is 67.6 Å². The number of rotatable bonds is 3. The van der Waals surface area contributed by atoms with Gasteiger partial charge in [-0.2, -0.15) is 0 Å². The number of amides is 1. The minimum Gasteiger partial charge on any atom is -0.368 e. The Kier molecular flexibility index (Phi) is 2.24. The van der Waals surface area contributed by atoms with Crippen molar-refractivity contribution in [3.63, 3.8) is 0 Å². The number of epoxide rings is 1. The summed E-state index contributed by atoms with van der Waals surface area (Å²) in [6.07, 6.45) is 0.522. The molecule has 0 saturated carbocycles. The second-order valence-electron chi connectivity index (χ2n) is 2.39. The second kappa shape index (κ2) is 2.98. The second-order valence-corrected chi connectivity index (χ2v) is 2.39. The summed E-state index contributed by atoms with van der Waals surface area (Å²) in [6, 6.07) is 0. The molecule has 0 aliphatic carbocycles. The Morgan fingerprint density at radius 3 is 2.80 bits per heavy atom. The lowest BCUT2D eigenvalue weighted by molar-refractivity contribution is -0.119. The van der Waals surface area contributed by atoms with Crippen molar-refractivity contribution in [1.29, 1.82) is 0 Å². The van der Waals surface area contributed by atoms with E-state index >= 15 is 0 Å². The molecule has 4 heteroatoms. The van der Waals surface area contributed by atoms with Crippen LogP contribution in [0.3, 0.4) is 0 Å². The van der Waals surface area contributed by atoms with Gasteiger partial charge < -0.3 is 15.8 Å². The third-order valence-electron chi connectivity index (χ3n) is 1.52. The van der Waals surface area contributed by atoms with Crippen LogP contribution in [0.4, 0.5) is 0 Å². The molecule has 0 bridgehead atoms. The quantitative estimate of drug-likeness (QED) is 0.491. The van der Waals surface area contributed by atoms with Gasteiger partial charge in [0, 0.05) is 6.54 Å². The van der Waals surface area contributed by atoms with E-state index in [0.717, 1.165) is 0 Å². The first kappa shape index (κ1) is 7.50. The highest BCUT2D eigenvalue weighted by molar-refractivity contribution is 5.77. The third kappa shape index (κ3) is 1.97. The van der Waals surface area contributed by atoms with E-state index in [1.807, 2.05) is 6.92 Å². The number of carbonyl (C=O) groups excluding carboxylic acids is 1. The van der Waals surface area contributed by atoms with Crippen molar-refractivity contribution < 1.29 is 9.53 Å². The normalized spacial score (nSPS) is 29.8. The van der Waals surface area contributed by atoms with Crippen LogP contribution in [0.15, 0.2) is 0 Å². The van der Waals surface area contributed by atoms with Crippen molar-refractivity contribution in [3.05, 3.63) is 0 Å². The summed E-state index contributed by atoms with van der Waals surface area (Å²) in [6.45, 7) is 2.62. The maximum Gasteiger partial charge on any atom is 0.233 e. The van der Waals surface area contributed by atoms with E-state index in [4.69, 9.17) is 10.5 Å². The lowest BCUT2D eigenvalue weighted by Crippen LogP contribution is -2.33. The first-order chi connectivity index (χ1) is 4.74. The Morgan fingerprint density at radius 2 is 2.40 bits per heavy atom. The number of nitrogens with one attached hydrogen (secondary N) is 1. The van der Waals surface area contributed by atoms with Crippen LogP contribution in [0.25, 0.3) is 0 Å². The summed E-state index contributed by atoms with van der Waals surface area (Å²) >= 11 is 0. The molecule has 0 spiro atoms. The molecule has 0 aromatic heterocycles. The van der Waals surface area contributed by atoms with Crippen LogP contribution < -0.4 is 11.1 Å². The first-order valence-electron chi connectivity index (χ1n) is 3.36. The molecule has 4 nitrogen and oxygen atoms in total. The summed E-state index contributed by atoms with van der Waals surface area (Å²) in [5.41, 5.74) is 5.06. The zero-order valence-corrected chi connectivity index (χ0v) is 5.96. The smallest absolute Gasteiger partial charge is 0.233 e. The van der Waals surface area contributed by atoms with Crippen molar-refractivity contribution in [3.8, 4) is 0 Å². The van der Waals surface area contributed by atoms with Crippen LogP contribution >= 0.6 is 0 Å². The van der Waals surface area contributed by atoms with Gasteiger partial charge in [-0.15, -0.1) is 0 Å². The van der Waals surface area contributed by atoms with Crippen molar-refractivity contribution >= 4 is 5.91 Å². The average molecular weight is 144 g/mol. The van der Waals surface area contributed by atoms with Crippen molar-refractivity contribution in [1.82, 2.24) is 5.32 Å². The molecule has 1 rings (SSSR count). The molecule has 1 fully saturated rings. The maximum atomic E-state index is 10.6. The van der Waals surface area contributed by atoms with Gasteiger partial charge in [0.15, 0.2) is 0 Å². The van der Waals surface area contributed by atoms with Crippen LogP contribution in [0.2, 0.25) is 0 Å². The standard InChI is InChI=1S/C6H12N2O2/c1-4-5(10-4)3-8-6(9)2-7/h4-5H,2-3,7H2,1H3,(H,8,9). The van der Waals surface area contributed by atoms with E-state index in [9.17, 15) is 4.79 Å². The van der Waals surface area contributed by atoms with E-state index in [0.29, 0.717) is 12.6 Å². The van der Waals surface area contributed by atoms with E-state index in [2.05, 4.69) is 5.32 Å². The summed E-state index contributed by atoms with van der Waals surface area (Å²) in [7, 11) is 0. The molecular weight excluding hydrogens is 132 g/mol. The van der Waals surface area contributed by atoms with Gasteiger partial charge in [-0.25, -0.2) is 0 Å². The van der Waals surface area contributed by atoms with Gasteiger partial charge in [-0.3, -0.25) is 4.79 Å². The van der Waals surface area contributed by atoms with E-state index in [1.54, 1.807) is 0 Å². The Balaban J connectivity index is 2.00. The maximum absolute atomic E-state index is 10.6. The van der Waals surface area contributed by atoms with Gasteiger partial charge in [0.2, 0.25) is 5.91 Å². The third-order valence-corrected chi connectivity index (χ3v) is 1.52. The molecule has 1 aliphatic heterocycles. The predicted octanol–water partition coefficient (Wildman–Crippen LogP) is -1.15. The molecule has 0 aromatic carbocycles. The summed E-state index contributed by atoms with van der Waals surface area (Å²) in [5, 5.41) is 2.64. The van der Waals surface area contributed by atoms with Crippen molar-refractivity contribution in [2.24, 2.45) is 5.73 Å². The molecule has 58 valence electrons. The minimum absolute atomic E-state index is 0.0566. The molecule has 2 unspecified atom stereocenters. The van der Waals surface area contributed by atoms with Crippen LogP contribution in [-0.2, 0) is 9.53 Å². The van der Waals surface area contributed by atoms with Gasteiger partial charge in [0.05, 0.1) is 12.6 Å². The molecule has 0 radical (unpaired) electrons. The highest BCUT2D eigenvalue weighted by Gasteiger charge is 2.33. The molecular formula is C6H12N2O2. The molecule has 2 atom stereocenters. The zero-order valence-electron chi connectivity index (χ0n) is 5.96. The number of hydrogen-bond donors (Lipinski definition) is 2. The molecule has 1 heterocycles. The monoisotopic (exact) mass is 144 g/mol. The molecule has 1 saturated heterocycles. The van der Waals surface area contributed by atoms with E-state index in [-0.39, 0.29) is 18.6 Å². The van der Waals surface area contributed by atoms with Crippen LogP contribution in [0.5, 0.6) is 0 Å². The van der Waals surface area contributed by atoms with Gasteiger partial charge in [0.1, 0.15) is 6.10 Å². The lowest BCUT2D eigenvalue weighted by atomic mass is 10.3. The highest BCUT2D eigenvalue weighted by atomic mass is 16.6. The van der Waals surface area contributed by atoms with E-state index < -0.39 is 0 Å². The first-order valence-corrected chi connectivity index (χ1v) is 3.36. The Hall–Kier alpha value is -0.610.